The van der Waals surface area contributed by atoms with Crippen molar-refractivity contribution < 1.29 is 5.11 Å². The lowest BCUT2D eigenvalue weighted by Crippen LogP contribution is -1.95. The Hall–Kier alpha value is -1.57. The Kier molecular flexibility index (Phi) is 4.50. The number of hydrogen-bond acceptors (Lipinski definition) is 2. The molecule has 1 aromatic carbocycles. The molecule has 0 aliphatic carbocycles. The summed E-state index contributed by atoms with van der Waals surface area (Å²) in [4.78, 5) is 11.6. The maximum absolute atomic E-state index is 11.6. The van der Waals surface area contributed by atoms with Crippen molar-refractivity contribution in [3.8, 4) is 5.75 Å². The Morgan fingerprint density at radius 1 is 1.35 bits per heavy atom. The van der Waals surface area contributed by atoms with Crippen molar-refractivity contribution in [3.63, 3.8) is 0 Å². The van der Waals surface area contributed by atoms with Crippen molar-refractivity contribution in [2.45, 2.75) is 39.5 Å². The SMILES string of the molecule is C=C(C)c1cc(C(CC)CC)ccc(=O)c1O. The van der Waals surface area contributed by atoms with Crippen LogP contribution in [-0.2, 0) is 0 Å². The van der Waals surface area contributed by atoms with Gasteiger partial charge in [-0.05, 0) is 49.0 Å². The molecule has 0 spiro atoms. The molecule has 1 N–H and O–H groups in total. The summed E-state index contributed by atoms with van der Waals surface area (Å²) in [5.41, 5.74) is 2.01. The monoisotopic (exact) mass is 232 g/mol. The quantitative estimate of drug-likeness (QED) is 0.859. The minimum absolute atomic E-state index is 0.199. The zero-order valence-electron chi connectivity index (χ0n) is 10.8. The molecule has 2 heteroatoms. The van der Waals surface area contributed by atoms with Crippen LogP contribution in [0.3, 0.4) is 0 Å². The summed E-state index contributed by atoms with van der Waals surface area (Å²) in [6.07, 6.45) is 2.04. The Bertz CT molecular complexity index is 471. The summed E-state index contributed by atoms with van der Waals surface area (Å²) < 4.78 is 0. The van der Waals surface area contributed by atoms with Gasteiger partial charge < -0.3 is 5.11 Å². The van der Waals surface area contributed by atoms with Gasteiger partial charge in [0.15, 0.2) is 5.75 Å². The molecule has 0 bridgehead atoms. The molecular weight excluding hydrogens is 212 g/mol. The first-order valence-corrected chi connectivity index (χ1v) is 6.04. The molecule has 0 aliphatic rings. The molecule has 0 aliphatic heterocycles. The predicted molar refractivity (Wildman–Crippen MR) is 72.4 cm³/mol. The van der Waals surface area contributed by atoms with Crippen LogP contribution in [0.4, 0.5) is 0 Å². The molecule has 2 nitrogen and oxygen atoms in total. The topological polar surface area (TPSA) is 37.3 Å². The third-order valence-electron chi connectivity index (χ3n) is 3.14. The summed E-state index contributed by atoms with van der Waals surface area (Å²) in [7, 11) is 0. The minimum atomic E-state index is -0.347. The fraction of sp³-hybridized carbons (Fsp3) is 0.400. The Morgan fingerprint density at radius 2 is 1.94 bits per heavy atom. The van der Waals surface area contributed by atoms with Crippen molar-refractivity contribution in [1.29, 1.82) is 0 Å². The summed E-state index contributed by atoms with van der Waals surface area (Å²) in [5.74, 6) is 0.217. The molecular formula is C15H20O2. The molecule has 0 unspecified atom stereocenters. The Labute approximate surface area is 103 Å². The molecule has 0 saturated carbocycles. The van der Waals surface area contributed by atoms with Gasteiger partial charge in [0.25, 0.3) is 0 Å². The average Bonchev–Trinajstić information content (AvgIpc) is 2.44. The molecule has 0 saturated heterocycles. The standard InChI is InChI=1S/C15H20O2/c1-5-11(6-2)12-7-8-14(16)15(17)13(9-12)10(3)4/h7-9,11H,3,5-6H2,1-2,4H3,(H,16,17). The molecule has 0 fully saturated rings. The zero-order chi connectivity index (χ0) is 13.0. The first-order valence-electron chi connectivity index (χ1n) is 6.04. The second kappa shape index (κ2) is 5.67. The van der Waals surface area contributed by atoms with Crippen LogP contribution in [0.1, 0.15) is 50.7 Å². The summed E-state index contributed by atoms with van der Waals surface area (Å²) in [5, 5.41) is 9.81. The minimum Gasteiger partial charge on any atom is -0.504 e. The molecule has 92 valence electrons. The highest BCUT2D eigenvalue weighted by molar-refractivity contribution is 5.66. The van der Waals surface area contributed by atoms with Gasteiger partial charge in [-0.15, -0.1) is 0 Å². The van der Waals surface area contributed by atoms with Crippen LogP contribution in [0, 0.1) is 0 Å². The third-order valence-corrected chi connectivity index (χ3v) is 3.14. The molecule has 0 aromatic heterocycles. The maximum Gasteiger partial charge on any atom is 0.220 e. The van der Waals surface area contributed by atoms with Crippen LogP contribution >= 0.6 is 0 Å². The van der Waals surface area contributed by atoms with Crippen LogP contribution in [0.5, 0.6) is 5.75 Å². The number of allylic oxidation sites excluding steroid dienone is 1. The van der Waals surface area contributed by atoms with E-state index in [2.05, 4.69) is 20.4 Å². The van der Waals surface area contributed by atoms with Crippen molar-refractivity contribution in [3.05, 3.63) is 46.1 Å². The highest BCUT2D eigenvalue weighted by Gasteiger charge is 2.10. The number of aromatic hydroxyl groups is 1. The zero-order valence-corrected chi connectivity index (χ0v) is 10.8. The predicted octanol–water partition coefficient (Wildman–Crippen LogP) is 3.69. The van der Waals surface area contributed by atoms with Crippen molar-refractivity contribution >= 4 is 5.57 Å². The fourth-order valence-electron chi connectivity index (χ4n) is 2.01. The molecule has 0 atom stereocenters. The third kappa shape index (κ3) is 2.96. The Balaban J connectivity index is 3.47. The molecule has 1 aromatic rings. The number of hydrogen-bond donors (Lipinski definition) is 1. The molecule has 0 radical (unpaired) electrons. The lowest BCUT2D eigenvalue weighted by Gasteiger charge is -2.11. The van der Waals surface area contributed by atoms with Crippen molar-refractivity contribution in [2.75, 3.05) is 0 Å². The first-order chi connectivity index (χ1) is 8.01. The van der Waals surface area contributed by atoms with Gasteiger partial charge in [0.05, 0.1) is 0 Å². The smallest absolute Gasteiger partial charge is 0.220 e. The van der Waals surface area contributed by atoms with E-state index in [1.54, 1.807) is 6.92 Å². The number of rotatable bonds is 4. The lowest BCUT2D eigenvalue weighted by atomic mass is 9.94. The molecule has 1 rings (SSSR count). The average molecular weight is 232 g/mol. The second-order valence-corrected chi connectivity index (χ2v) is 4.40. The first kappa shape index (κ1) is 13.5. The van der Waals surface area contributed by atoms with E-state index >= 15 is 0 Å². The van der Waals surface area contributed by atoms with Crippen LogP contribution in [-0.4, -0.2) is 5.11 Å². The van der Waals surface area contributed by atoms with E-state index in [-0.39, 0.29) is 11.2 Å². The summed E-state index contributed by atoms with van der Waals surface area (Å²) >= 11 is 0. The Morgan fingerprint density at radius 3 is 2.41 bits per heavy atom. The van der Waals surface area contributed by atoms with E-state index in [1.165, 1.54) is 6.07 Å². The van der Waals surface area contributed by atoms with E-state index < -0.39 is 0 Å². The van der Waals surface area contributed by atoms with Gasteiger partial charge >= 0.3 is 0 Å². The van der Waals surface area contributed by atoms with Crippen LogP contribution < -0.4 is 5.43 Å². The van der Waals surface area contributed by atoms with E-state index in [4.69, 9.17) is 0 Å². The normalized spacial score (nSPS) is 10.6. The highest BCUT2D eigenvalue weighted by Crippen LogP contribution is 2.27. The van der Waals surface area contributed by atoms with Gasteiger partial charge in [0.2, 0.25) is 5.43 Å². The van der Waals surface area contributed by atoms with E-state index in [0.29, 0.717) is 17.1 Å². The van der Waals surface area contributed by atoms with Gasteiger partial charge in [-0.25, -0.2) is 0 Å². The molecule has 0 heterocycles. The van der Waals surface area contributed by atoms with E-state index in [9.17, 15) is 9.90 Å². The van der Waals surface area contributed by atoms with Gasteiger partial charge in [0, 0.05) is 5.56 Å². The van der Waals surface area contributed by atoms with E-state index in [0.717, 1.165) is 18.4 Å². The second-order valence-electron chi connectivity index (χ2n) is 4.40. The van der Waals surface area contributed by atoms with Gasteiger partial charge in [0.1, 0.15) is 0 Å². The van der Waals surface area contributed by atoms with E-state index in [1.807, 2.05) is 12.1 Å². The van der Waals surface area contributed by atoms with Crippen LogP contribution in [0.25, 0.3) is 5.57 Å². The summed E-state index contributed by atoms with van der Waals surface area (Å²) in [6, 6.07) is 5.14. The van der Waals surface area contributed by atoms with Gasteiger partial charge in [-0.2, -0.15) is 0 Å². The largest absolute Gasteiger partial charge is 0.504 e. The maximum atomic E-state index is 11.6. The van der Waals surface area contributed by atoms with Crippen molar-refractivity contribution in [1.82, 2.24) is 0 Å². The van der Waals surface area contributed by atoms with Crippen LogP contribution in [0.15, 0.2) is 29.6 Å². The fourth-order valence-corrected chi connectivity index (χ4v) is 2.01. The summed E-state index contributed by atoms with van der Waals surface area (Å²) in [6.45, 7) is 9.85. The molecule has 17 heavy (non-hydrogen) atoms. The van der Waals surface area contributed by atoms with Gasteiger partial charge in [-0.3, -0.25) is 4.79 Å². The highest BCUT2D eigenvalue weighted by atomic mass is 16.3. The molecule has 0 amide bonds. The van der Waals surface area contributed by atoms with Gasteiger partial charge in [-0.1, -0.05) is 26.5 Å². The van der Waals surface area contributed by atoms with Crippen LogP contribution in [0.2, 0.25) is 0 Å². The van der Waals surface area contributed by atoms with Crippen molar-refractivity contribution in [2.24, 2.45) is 0 Å². The lowest BCUT2D eigenvalue weighted by molar-refractivity contribution is 0.469.